The van der Waals surface area contributed by atoms with E-state index >= 15 is 0 Å². The van der Waals surface area contributed by atoms with Gasteiger partial charge in [0.05, 0.1) is 12.6 Å². The first kappa shape index (κ1) is 20.4. The third-order valence-corrected chi connectivity index (χ3v) is 6.41. The summed E-state index contributed by atoms with van der Waals surface area (Å²) in [6.07, 6.45) is 5.43. The molecule has 0 saturated carbocycles. The number of cyclic esters (lactones) is 1. The number of carboxylic acid groups (broad SMARTS) is 1. The van der Waals surface area contributed by atoms with Gasteiger partial charge >= 0.3 is 12.1 Å². The van der Waals surface area contributed by atoms with Crippen molar-refractivity contribution in [3.05, 3.63) is 0 Å². The minimum absolute atomic E-state index is 0.0816. The first-order chi connectivity index (χ1) is 12.9. The maximum atomic E-state index is 12.1. The van der Waals surface area contributed by atoms with Crippen molar-refractivity contribution in [3.8, 4) is 0 Å². The molecule has 0 bridgehead atoms. The molecule has 8 heteroatoms. The molecule has 0 aromatic carbocycles. The number of likely N-dealkylation sites (tertiary alicyclic amines) is 1. The van der Waals surface area contributed by atoms with Crippen molar-refractivity contribution in [1.82, 2.24) is 19.6 Å². The van der Waals surface area contributed by atoms with Gasteiger partial charge in [-0.2, -0.15) is 0 Å². The lowest BCUT2D eigenvalue weighted by atomic mass is 9.90. The molecule has 0 aliphatic carbocycles. The summed E-state index contributed by atoms with van der Waals surface area (Å²) in [6.45, 7) is 5.35. The molecule has 3 aliphatic heterocycles. The van der Waals surface area contributed by atoms with Crippen molar-refractivity contribution >= 4 is 12.1 Å². The van der Waals surface area contributed by atoms with Gasteiger partial charge in [0.15, 0.2) is 6.23 Å². The lowest BCUT2D eigenvalue weighted by molar-refractivity contribution is -0.139. The van der Waals surface area contributed by atoms with Gasteiger partial charge in [0.2, 0.25) is 0 Å². The lowest BCUT2D eigenvalue weighted by Gasteiger charge is -2.38. The van der Waals surface area contributed by atoms with Gasteiger partial charge in [0, 0.05) is 33.2 Å². The number of carbonyl (C=O) groups is 2. The standard InChI is InChI=1S/C19H34N4O4/c1-20-8-6-15(7-9-20)4-3-5-16-18(27-19(26)21(16)2)23-12-10-22(11-13-23)14-17(24)25/h15-16,18H,3-14H2,1-2H3,(H,24,25). The van der Waals surface area contributed by atoms with Crippen molar-refractivity contribution in [2.75, 3.05) is 59.9 Å². The molecule has 154 valence electrons. The van der Waals surface area contributed by atoms with Crippen LogP contribution in [0.5, 0.6) is 0 Å². The number of aliphatic carboxylic acids is 1. The Bertz CT molecular complexity index is 516. The van der Waals surface area contributed by atoms with Crippen LogP contribution >= 0.6 is 0 Å². The molecule has 3 rings (SSSR count). The molecule has 0 radical (unpaired) electrons. The second kappa shape index (κ2) is 9.21. The summed E-state index contributed by atoms with van der Waals surface area (Å²) >= 11 is 0. The fourth-order valence-electron chi connectivity index (χ4n) is 4.58. The molecule has 8 nitrogen and oxygen atoms in total. The predicted octanol–water partition coefficient (Wildman–Crippen LogP) is 0.977. The van der Waals surface area contributed by atoms with Gasteiger partial charge in [-0.3, -0.25) is 14.6 Å². The van der Waals surface area contributed by atoms with Crippen LogP contribution < -0.4 is 0 Å². The molecule has 3 fully saturated rings. The van der Waals surface area contributed by atoms with E-state index in [9.17, 15) is 9.59 Å². The van der Waals surface area contributed by atoms with Crippen LogP contribution in [-0.4, -0.2) is 109 Å². The summed E-state index contributed by atoms with van der Waals surface area (Å²) in [7, 11) is 4.02. The predicted molar refractivity (Wildman–Crippen MR) is 102 cm³/mol. The Morgan fingerprint density at radius 3 is 2.37 bits per heavy atom. The van der Waals surface area contributed by atoms with E-state index in [2.05, 4.69) is 16.8 Å². The SMILES string of the molecule is CN1CCC(CCCC2C(N3CCN(CC(=O)O)CC3)OC(=O)N2C)CC1. The maximum Gasteiger partial charge on any atom is 0.411 e. The summed E-state index contributed by atoms with van der Waals surface area (Å²) in [5.41, 5.74) is 0. The van der Waals surface area contributed by atoms with Crippen LogP contribution in [0.3, 0.4) is 0 Å². The zero-order chi connectivity index (χ0) is 19.4. The van der Waals surface area contributed by atoms with Gasteiger partial charge in [-0.15, -0.1) is 0 Å². The molecule has 0 aromatic rings. The van der Waals surface area contributed by atoms with Crippen LogP contribution in [-0.2, 0) is 9.53 Å². The smallest absolute Gasteiger partial charge is 0.411 e. The summed E-state index contributed by atoms with van der Waals surface area (Å²) in [5, 5.41) is 8.94. The Morgan fingerprint density at radius 1 is 1.07 bits per heavy atom. The van der Waals surface area contributed by atoms with Gasteiger partial charge < -0.3 is 19.6 Å². The van der Waals surface area contributed by atoms with Gasteiger partial charge in [0.1, 0.15) is 0 Å². The number of hydrogen-bond donors (Lipinski definition) is 1. The number of amides is 1. The minimum atomic E-state index is -0.790. The third-order valence-electron chi connectivity index (χ3n) is 6.41. The highest BCUT2D eigenvalue weighted by molar-refractivity contribution is 5.70. The van der Waals surface area contributed by atoms with Gasteiger partial charge in [-0.1, -0.05) is 12.8 Å². The van der Waals surface area contributed by atoms with E-state index in [4.69, 9.17) is 9.84 Å². The van der Waals surface area contributed by atoms with E-state index in [1.165, 1.54) is 32.4 Å². The Kier molecular flexibility index (Phi) is 6.94. The van der Waals surface area contributed by atoms with Crippen molar-refractivity contribution in [3.63, 3.8) is 0 Å². The second-order valence-electron chi connectivity index (χ2n) is 8.34. The lowest BCUT2D eigenvalue weighted by Crippen LogP contribution is -2.54. The zero-order valence-electron chi connectivity index (χ0n) is 16.7. The van der Waals surface area contributed by atoms with Crippen LogP contribution in [0.1, 0.15) is 32.1 Å². The van der Waals surface area contributed by atoms with Crippen LogP contribution in [0.2, 0.25) is 0 Å². The van der Waals surface area contributed by atoms with Gasteiger partial charge in [-0.05, 0) is 45.3 Å². The normalized spacial score (nSPS) is 29.3. The summed E-state index contributed by atoms with van der Waals surface area (Å²) in [6, 6.07) is 0.0924. The van der Waals surface area contributed by atoms with Crippen LogP contribution in [0.15, 0.2) is 0 Å². The van der Waals surface area contributed by atoms with E-state index in [0.717, 1.165) is 31.8 Å². The average molecular weight is 383 g/mol. The third kappa shape index (κ3) is 5.33. The van der Waals surface area contributed by atoms with E-state index in [1.807, 2.05) is 11.9 Å². The first-order valence-corrected chi connectivity index (χ1v) is 10.2. The molecule has 3 saturated heterocycles. The average Bonchev–Trinajstić information content (AvgIpc) is 2.92. The number of ether oxygens (including phenoxy) is 1. The Balaban J connectivity index is 1.47. The molecular formula is C19H34N4O4. The highest BCUT2D eigenvalue weighted by Crippen LogP contribution is 2.28. The molecular weight excluding hydrogens is 348 g/mol. The van der Waals surface area contributed by atoms with Crippen molar-refractivity contribution in [2.45, 2.75) is 44.4 Å². The van der Waals surface area contributed by atoms with Gasteiger partial charge in [0.25, 0.3) is 0 Å². The van der Waals surface area contributed by atoms with E-state index in [1.54, 1.807) is 4.90 Å². The molecule has 0 aromatic heterocycles. The number of hydrogen-bond acceptors (Lipinski definition) is 6. The number of likely N-dealkylation sites (N-methyl/N-ethyl adjacent to an activating group) is 1. The Morgan fingerprint density at radius 2 is 1.74 bits per heavy atom. The Hall–Kier alpha value is -1.38. The summed E-state index contributed by atoms with van der Waals surface area (Å²) in [4.78, 5) is 31.3. The number of carboxylic acids is 1. The summed E-state index contributed by atoms with van der Waals surface area (Å²) in [5.74, 6) is 0.0183. The molecule has 27 heavy (non-hydrogen) atoms. The van der Waals surface area contributed by atoms with Gasteiger partial charge in [-0.25, -0.2) is 4.79 Å². The van der Waals surface area contributed by atoms with Crippen LogP contribution in [0.25, 0.3) is 0 Å². The van der Waals surface area contributed by atoms with Crippen molar-refractivity contribution in [2.24, 2.45) is 5.92 Å². The van der Waals surface area contributed by atoms with Crippen molar-refractivity contribution < 1.29 is 19.4 Å². The molecule has 2 atom stereocenters. The molecule has 1 N–H and O–H groups in total. The fraction of sp³-hybridized carbons (Fsp3) is 0.895. The van der Waals surface area contributed by atoms with E-state index in [0.29, 0.717) is 13.1 Å². The van der Waals surface area contributed by atoms with Crippen molar-refractivity contribution in [1.29, 1.82) is 0 Å². The fourth-order valence-corrected chi connectivity index (χ4v) is 4.58. The monoisotopic (exact) mass is 382 g/mol. The molecule has 3 aliphatic rings. The second-order valence-corrected chi connectivity index (χ2v) is 8.34. The Labute approximate surface area is 162 Å². The maximum absolute atomic E-state index is 12.1. The summed E-state index contributed by atoms with van der Waals surface area (Å²) < 4.78 is 5.67. The van der Waals surface area contributed by atoms with Crippen LogP contribution in [0.4, 0.5) is 4.79 Å². The molecule has 0 spiro atoms. The highest BCUT2D eigenvalue weighted by Gasteiger charge is 2.43. The van der Waals surface area contributed by atoms with E-state index in [-0.39, 0.29) is 24.9 Å². The first-order valence-electron chi connectivity index (χ1n) is 10.2. The minimum Gasteiger partial charge on any atom is -0.480 e. The number of nitrogens with zero attached hydrogens (tertiary/aromatic N) is 4. The van der Waals surface area contributed by atoms with E-state index < -0.39 is 5.97 Å². The quantitative estimate of drug-likeness (QED) is 0.703. The molecule has 2 unspecified atom stereocenters. The topological polar surface area (TPSA) is 76.6 Å². The number of piperazine rings is 1. The number of carbonyl (C=O) groups excluding carboxylic acids is 1. The zero-order valence-corrected chi connectivity index (χ0v) is 16.7. The number of piperidine rings is 1. The van der Waals surface area contributed by atoms with Crippen LogP contribution in [0, 0.1) is 5.92 Å². The largest absolute Gasteiger partial charge is 0.480 e. The highest BCUT2D eigenvalue weighted by atomic mass is 16.6. The number of rotatable bonds is 7. The molecule has 1 amide bonds. The molecule has 3 heterocycles.